The number of methoxy groups -OCH3 is 1. The maximum Gasteiger partial charge on any atom is 0.325 e. The van der Waals surface area contributed by atoms with Crippen LogP contribution in [0.25, 0.3) is 0 Å². The number of alkyl halides is 1. The zero-order valence-electron chi connectivity index (χ0n) is 7.96. The first-order valence-electron chi connectivity index (χ1n) is 3.98. The van der Waals surface area contributed by atoms with E-state index in [9.17, 15) is 9.59 Å². The highest BCUT2D eigenvalue weighted by Gasteiger charge is 2.17. The van der Waals surface area contributed by atoms with Crippen LogP contribution in [0.4, 0.5) is 0 Å². The third-order valence-corrected chi connectivity index (χ3v) is 1.77. The molecule has 0 aliphatic rings. The summed E-state index contributed by atoms with van der Waals surface area (Å²) in [5, 5.41) is 1.71. The zero-order chi connectivity index (χ0) is 10.4. The number of esters is 1. The van der Waals surface area contributed by atoms with Crippen LogP contribution in [0.3, 0.4) is 0 Å². The molecule has 0 rings (SSSR count). The van der Waals surface area contributed by atoms with Crippen molar-refractivity contribution in [3.05, 3.63) is 0 Å². The Morgan fingerprint density at radius 2 is 2.00 bits per heavy atom. The van der Waals surface area contributed by atoms with Crippen molar-refractivity contribution in [1.29, 1.82) is 0 Å². The Hall–Kier alpha value is -0.770. The molecule has 0 fully saturated rings. The van der Waals surface area contributed by atoms with Gasteiger partial charge in [-0.1, -0.05) is 13.8 Å². The normalized spacial score (nSPS) is 12.4. The highest BCUT2D eigenvalue weighted by Crippen LogP contribution is 1.97. The summed E-state index contributed by atoms with van der Waals surface area (Å²) < 4.78 is 4.38. The Bertz CT molecular complexity index is 194. The van der Waals surface area contributed by atoms with Crippen LogP contribution >= 0.6 is 11.6 Å². The Labute approximate surface area is 82.6 Å². The van der Waals surface area contributed by atoms with E-state index in [4.69, 9.17) is 11.6 Å². The Morgan fingerprint density at radius 3 is 2.38 bits per heavy atom. The van der Waals surface area contributed by atoms with Crippen LogP contribution in [-0.4, -0.2) is 30.9 Å². The smallest absolute Gasteiger partial charge is 0.325 e. The van der Waals surface area contributed by atoms with Crippen LogP contribution in [0, 0.1) is 5.92 Å². The number of nitrogens with one attached hydrogen (secondary N) is 1. The SMILES string of the molecule is COC(=O)C(Cl)CNC(=O)C(C)C. The van der Waals surface area contributed by atoms with Gasteiger partial charge in [0.2, 0.25) is 5.91 Å². The number of hydrogen-bond acceptors (Lipinski definition) is 3. The van der Waals surface area contributed by atoms with Gasteiger partial charge >= 0.3 is 5.97 Å². The molecule has 5 heteroatoms. The van der Waals surface area contributed by atoms with Crippen LogP contribution in [0.1, 0.15) is 13.8 Å². The average Bonchev–Trinajstić information content (AvgIpc) is 2.11. The van der Waals surface area contributed by atoms with Gasteiger partial charge < -0.3 is 10.1 Å². The number of carbonyl (C=O) groups is 2. The molecule has 13 heavy (non-hydrogen) atoms. The second-order valence-electron chi connectivity index (χ2n) is 2.89. The Balaban J connectivity index is 3.76. The molecule has 0 saturated carbocycles. The molecular formula is C8H14ClNO3. The maximum absolute atomic E-state index is 11.0. The van der Waals surface area contributed by atoms with Crippen molar-refractivity contribution in [2.75, 3.05) is 13.7 Å². The van der Waals surface area contributed by atoms with Crippen molar-refractivity contribution in [2.24, 2.45) is 5.92 Å². The molecule has 0 bridgehead atoms. The van der Waals surface area contributed by atoms with E-state index >= 15 is 0 Å². The number of rotatable bonds is 4. The van der Waals surface area contributed by atoms with Crippen LogP contribution in [-0.2, 0) is 14.3 Å². The Kier molecular flexibility index (Phi) is 5.46. The summed E-state index contributed by atoms with van der Waals surface area (Å²) in [5.41, 5.74) is 0. The van der Waals surface area contributed by atoms with Crippen LogP contribution < -0.4 is 5.32 Å². The minimum absolute atomic E-state index is 0.102. The minimum atomic E-state index is -0.812. The summed E-state index contributed by atoms with van der Waals surface area (Å²) in [5.74, 6) is -0.776. The third-order valence-electron chi connectivity index (χ3n) is 1.44. The number of ether oxygens (including phenoxy) is 1. The maximum atomic E-state index is 11.0. The molecule has 0 aliphatic carbocycles. The quantitative estimate of drug-likeness (QED) is 0.541. The van der Waals surface area contributed by atoms with Gasteiger partial charge in [-0.15, -0.1) is 11.6 Å². The number of halogens is 1. The van der Waals surface area contributed by atoms with E-state index in [1.54, 1.807) is 13.8 Å². The first kappa shape index (κ1) is 12.2. The fourth-order valence-corrected chi connectivity index (χ4v) is 0.772. The molecule has 0 radical (unpaired) electrons. The highest BCUT2D eigenvalue weighted by atomic mass is 35.5. The molecule has 1 atom stereocenters. The van der Waals surface area contributed by atoms with Crippen LogP contribution in [0.2, 0.25) is 0 Å². The van der Waals surface area contributed by atoms with Crippen molar-refractivity contribution in [1.82, 2.24) is 5.32 Å². The van der Waals surface area contributed by atoms with Gasteiger partial charge in [0, 0.05) is 12.5 Å². The van der Waals surface area contributed by atoms with Gasteiger partial charge in [-0.2, -0.15) is 0 Å². The largest absolute Gasteiger partial charge is 0.468 e. The van der Waals surface area contributed by atoms with E-state index in [0.29, 0.717) is 0 Å². The van der Waals surface area contributed by atoms with Gasteiger partial charge in [-0.05, 0) is 0 Å². The van der Waals surface area contributed by atoms with E-state index in [-0.39, 0.29) is 18.4 Å². The molecule has 0 saturated heterocycles. The summed E-state index contributed by atoms with van der Waals surface area (Å²) in [6, 6.07) is 0. The fraction of sp³-hybridized carbons (Fsp3) is 0.750. The topological polar surface area (TPSA) is 55.4 Å². The lowest BCUT2D eigenvalue weighted by atomic mass is 10.2. The first-order valence-corrected chi connectivity index (χ1v) is 4.42. The zero-order valence-corrected chi connectivity index (χ0v) is 8.72. The number of hydrogen-bond donors (Lipinski definition) is 1. The van der Waals surface area contributed by atoms with Crippen LogP contribution in [0.5, 0.6) is 0 Å². The van der Waals surface area contributed by atoms with E-state index in [1.807, 2.05) is 0 Å². The molecule has 0 aliphatic heterocycles. The van der Waals surface area contributed by atoms with Gasteiger partial charge in [0.05, 0.1) is 7.11 Å². The standard InChI is InChI=1S/C8H14ClNO3/c1-5(2)7(11)10-4-6(9)8(12)13-3/h5-6H,4H2,1-3H3,(H,10,11). The summed E-state index contributed by atoms with van der Waals surface area (Å²) in [6.45, 7) is 3.62. The molecule has 1 unspecified atom stereocenters. The summed E-state index contributed by atoms with van der Waals surface area (Å²) in [6.07, 6.45) is 0. The van der Waals surface area contributed by atoms with E-state index < -0.39 is 11.3 Å². The summed E-state index contributed by atoms with van der Waals surface area (Å²) in [7, 11) is 1.25. The molecule has 0 aromatic carbocycles. The number of amides is 1. The van der Waals surface area contributed by atoms with E-state index in [2.05, 4.69) is 10.1 Å². The Morgan fingerprint density at radius 1 is 1.46 bits per heavy atom. The van der Waals surface area contributed by atoms with Crippen molar-refractivity contribution < 1.29 is 14.3 Å². The van der Waals surface area contributed by atoms with Gasteiger partial charge in [0.1, 0.15) is 5.38 Å². The van der Waals surface area contributed by atoms with Crippen molar-refractivity contribution in [2.45, 2.75) is 19.2 Å². The molecular weight excluding hydrogens is 194 g/mol. The third kappa shape index (κ3) is 4.72. The molecule has 0 spiro atoms. The fourth-order valence-electron chi connectivity index (χ4n) is 0.606. The predicted molar refractivity (Wildman–Crippen MR) is 49.5 cm³/mol. The molecule has 76 valence electrons. The molecule has 0 heterocycles. The van der Waals surface area contributed by atoms with E-state index in [0.717, 1.165) is 0 Å². The lowest BCUT2D eigenvalue weighted by Crippen LogP contribution is -2.36. The van der Waals surface area contributed by atoms with E-state index in [1.165, 1.54) is 7.11 Å². The molecule has 1 N–H and O–H groups in total. The lowest BCUT2D eigenvalue weighted by Gasteiger charge is -2.10. The second-order valence-corrected chi connectivity index (χ2v) is 3.42. The molecule has 4 nitrogen and oxygen atoms in total. The monoisotopic (exact) mass is 207 g/mol. The van der Waals surface area contributed by atoms with Gasteiger partial charge in [-0.25, -0.2) is 0 Å². The molecule has 1 amide bonds. The van der Waals surface area contributed by atoms with Crippen LogP contribution in [0.15, 0.2) is 0 Å². The van der Waals surface area contributed by atoms with Crippen molar-refractivity contribution in [3.8, 4) is 0 Å². The highest BCUT2D eigenvalue weighted by molar-refractivity contribution is 6.30. The average molecular weight is 208 g/mol. The second kappa shape index (κ2) is 5.80. The summed E-state index contributed by atoms with van der Waals surface area (Å²) in [4.78, 5) is 21.8. The van der Waals surface area contributed by atoms with Gasteiger partial charge in [0.15, 0.2) is 0 Å². The van der Waals surface area contributed by atoms with Crippen molar-refractivity contribution in [3.63, 3.8) is 0 Å². The van der Waals surface area contributed by atoms with Gasteiger partial charge in [-0.3, -0.25) is 9.59 Å². The minimum Gasteiger partial charge on any atom is -0.468 e. The number of carbonyl (C=O) groups excluding carboxylic acids is 2. The van der Waals surface area contributed by atoms with Gasteiger partial charge in [0.25, 0.3) is 0 Å². The summed E-state index contributed by atoms with van der Waals surface area (Å²) >= 11 is 5.59. The molecule has 0 aromatic rings. The molecule has 0 aromatic heterocycles. The first-order chi connectivity index (χ1) is 5.99. The predicted octanol–water partition coefficient (Wildman–Crippen LogP) is 0.539. The van der Waals surface area contributed by atoms with Crippen molar-refractivity contribution >= 4 is 23.5 Å². The lowest BCUT2D eigenvalue weighted by molar-refractivity contribution is -0.140.